The Bertz CT molecular complexity index is 1220. The van der Waals surface area contributed by atoms with E-state index in [0.717, 1.165) is 42.9 Å². The third kappa shape index (κ3) is 6.20. The Balaban J connectivity index is 0.976. The zero-order valence-electron chi connectivity index (χ0n) is 32.5. The number of aldehydes is 1. The monoisotopic (exact) mass is 698 g/mol. The summed E-state index contributed by atoms with van der Waals surface area (Å²) in [5.74, 6) is 4.23. The summed E-state index contributed by atoms with van der Waals surface area (Å²) >= 11 is 2.03. The van der Waals surface area contributed by atoms with Crippen molar-refractivity contribution in [2.75, 3.05) is 32.7 Å². The van der Waals surface area contributed by atoms with Gasteiger partial charge in [0.05, 0.1) is 5.92 Å². The summed E-state index contributed by atoms with van der Waals surface area (Å²) in [4.78, 5) is 27.6. The molecule has 1 N–H and O–H groups in total. The topological polar surface area (TPSA) is 61.9 Å². The van der Waals surface area contributed by atoms with Gasteiger partial charge in [-0.05, 0) is 129 Å². The maximum Gasteiger partial charge on any atom is 0.309 e. The lowest BCUT2D eigenvalue weighted by Crippen LogP contribution is -2.64. The van der Waals surface area contributed by atoms with Crippen LogP contribution in [-0.4, -0.2) is 77.1 Å². The van der Waals surface area contributed by atoms with Crippen LogP contribution in [0.2, 0.25) is 0 Å². The van der Waals surface area contributed by atoms with Crippen LogP contribution in [0.5, 0.6) is 0 Å². The Morgan fingerprint density at radius 3 is 2.27 bits per heavy atom. The molecule has 1 aliphatic heterocycles. The van der Waals surface area contributed by atoms with Gasteiger partial charge in [0.2, 0.25) is 0 Å². The molecule has 1 heterocycles. The molecule has 0 spiro atoms. The Morgan fingerprint density at radius 1 is 0.878 bits per heavy atom. The molecule has 13 atom stereocenters. The van der Waals surface area contributed by atoms with E-state index in [-0.39, 0.29) is 29.3 Å². The normalized spacial score (nSPS) is 47.2. The Hall–Kier alpha value is -0.630. The number of carbonyl (C=O) groups excluding carboxylic acids is 2. The molecule has 6 nitrogen and oxygen atoms in total. The van der Waals surface area contributed by atoms with Crippen LogP contribution in [0.4, 0.5) is 0 Å². The van der Waals surface area contributed by atoms with Crippen LogP contribution in [0.3, 0.4) is 0 Å². The average Bonchev–Trinajstić information content (AvgIpc) is 3.49. The molecule has 0 amide bonds. The van der Waals surface area contributed by atoms with E-state index in [4.69, 9.17) is 4.74 Å². The molecule has 0 aromatic carbocycles. The lowest BCUT2D eigenvalue weighted by atomic mass is 9.38. The number of piperazine rings is 1. The minimum absolute atomic E-state index is 0.0168. The number of ether oxygens (including phenoxy) is 1. The predicted molar refractivity (Wildman–Crippen MR) is 201 cm³/mol. The first-order valence-electron chi connectivity index (χ1n) is 20.8. The number of fused-ring (bicyclic) bond motifs is 7. The molecule has 0 bridgehead atoms. The molecule has 278 valence electrons. The molecule has 7 aliphatic rings. The van der Waals surface area contributed by atoms with Gasteiger partial charge in [-0.2, -0.15) is 0 Å². The van der Waals surface area contributed by atoms with Crippen LogP contribution >= 0.6 is 11.9 Å². The van der Waals surface area contributed by atoms with Crippen LogP contribution < -0.4 is 5.32 Å². The number of hydrogen-bond donors (Lipinski definition) is 1. The van der Waals surface area contributed by atoms with Gasteiger partial charge in [-0.1, -0.05) is 66.8 Å². The largest absolute Gasteiger partial charge is 0.462 e. The first-order chi connectivity index (χ1) is 23.2. The van der Waals surface area contributed by atoms with Crippen molar-refractivity contribution in [3.8, 4) is 0 Å². The highest BCUT2D eigenvalue weighted by atomic mass is 32.2. The smallest absolute Gasteiger partial charge is 0.309 e. The summed E-state index contributed by atoms with van der Waals surface area (Å²) in [6, 6.07) is 0.605. The molecule has 0 radical (unpaired) electrons. The van der Waals surface area contributed by atoms with Gasteiger partial charge in [-0.15, -0.1) is 0 Å². The van der Waals surface area contributed by atoms with Gasteiger partial charge in [0.15, 0.2) is 0 Å². The fraction of sp³-hybridized carbons (Fsp3) is 0.952. The Morgan fingerprint density at radius 2 is 1.57 bits per heavy atom. The molecule has 6 saturated carbocycles. The molecule has 6 aliphatic carbocycles. The van der Waals surface area contributed by atoms with E-state index in [0.29, 0.717) is 45.9 Å². The highest BCUT2D eigenvalue weighted by Crippen LogP contribution is 2.71. The Labute approximate surface area is 303 Å². The maximum absolute atomic E-state index is 13.4. The van der Waals surface area contributed by atoms with Crippen molar-refractivity contribution in [3.63, 3.8) is 0 Å². The van der Waals surface area contributed by atoms with E-state index in [1.165, 1.54) is 90.4 Å². The molecule has 0 aromatic heterocycles. The van der Waals surface area contributed by atoms with Crippen LogP contribution in [0.25, 0.3) is 0 Å². The van der Waals surface area contributed by atoms with Crippen LogP contribution in [0.15, 0.2) is 0 Å². The van der Waals surface area contributed by atoms with Gasteiger partial charge in [0, 0.05) is 55.5 Å². The third-order valence-corrected chi connectivity index (χ3v) is 18.2. The van der Waals surface area contributed by atoms with E-state index in [1.807, 2.05) is 11.9 Å². The first-order valence-corrected chi connectivity index (χ1v) is 21.6. The lowest BCUT2D eigenvalue weighted by molar-refractivity contribution is -0.205. The van der Waals surface area contributed by atoms with E-state index in [9.17, 15) is 9.59 Å². The van der Waals surface area contributed by atoms with Gasteiger partial charge in [0.1, 0.15) is 12.4 Å². The molecule has 7 rings (SSSR count). The van der Waals surface area contributed by atoms with Crippen molar-refractivity contribution in [2.45, 2.75) is 155 Å². The Kier molecular flexibility index (Phi) is 10.2. The predicted octanol–water partition coefficient (Wildman–Crippen LogP) is 8.24. The van der Waals surface area contributed by atoms with E-state index >= 15 is 0 Å². The zero-order chi connectivity index (χ0) is 34.9. The number of hydrogen-bond acceptors (Lipinski definition) is 7. The quantitative estimate of drug-likeness (QED) is 0.148. The van der Waals surface area contributed by atoms with Gasteiger partial charge in [-0.3, -0.25) is 9.69 Å². The maximum atomic E-state index is 13.4. The van der Waals surface area contributed by atoms with Crippen LogP contribution in [0, 0.1) is 63.6 Å². The number of carbonyl (C=O) groups is 2. The number of esters is 1. The molecular formula is C42H71N3O3S. The molecule has 0 aromatic rings. The molecule has 1 saturated heterocycles. The lowest BCUT2D eigenvalue weighted by Gasteiger charge is -2.68. The van der Waals surface area contributed by atoms with Crippen molar-refractivity contribution in [1.82, 2.24) is 14.5 Å². The summed E-state index contributed by atoms with van der Waals surface area (Å²) in [6.45, 7) is 24.9. The van der Waals surface area contributed by atoms with E-state index < -0.39 is 0 Å². The summed E-state index contributed by atoms with van der Waals surface area (Å²) in [6.07, 6.45) is 16.4. The summed E-state index contributed by atoms with van der Waals surface area (Å²) in [5, 5.41) is 5.02. The van der Waals surface area contributed by atoms with Gasteiger partial charge in [0.25, 0.3) is 0 Å². The SMILES string of the molecule is CC(C)SN1CCN(C(C)CNC23CCC[C@@H]2C2CCC4C5(C)CCC(OC(=O)C6CC(C=O)C6(C)C)C(C)C5CCC4(C)C2CC3)CC1. The molecule has 49 heavy (non-hydrogen) atoms. The minimum atomic E-state index is -0.274. The second-order valence-electron chi connectivity index (χ2n) is 19.8. The van der Waals surface area contributed by atoms with Crippen LogP contribution in [-0.2, 0) is 14.3 Å². The van der Waals surface area contributed by atoms with Crippen molar-refractivity contribution >= 4 is 24.2 Å². The highest BCUT2D eigenvalue weighted by Gasteiger charge is 2.65. The van der Waals surface area contributed by atoms with Crippen molar-refractivity contribution < 1.29 is 14.3 Å². The number of nitrogens with one attached hydrogen (secondary N) is 1. The minimum Gasteiger partial charge on any atom is -0.462 e. The molecule has 7 fully saturated rings. The fourth-order valence-electron chi connectivity index (χ4n) is 14.1. The second-order valence-corrected chi connectivity index (χ2v) is 21.5. The highest BCUT2D eigenvalue weighted by molar-refractivity contribution is 7.97. The van der Waals surface area contributed by atoms with Crippen molar-refractivity contribution in [2.24, 2.45) is 63.6 Å². The first kappa shape index (κ1) is 36.7. The number of rotatable bonds is 9. The average molecular weight is 698 g/mol. The van der Waals surface area contributed by atoms with Crippen molar-refractivity contribution in [3.05, 3.63) is 0 Å². The third-order valence-electron chi connectivity index (χ3n) is 17.1. The molecular weight excluding hydrogens is 627 g/mol. The van der Waals surface area contributed by atoms with Gasteiger partial charge >= 0.3 is 5.97 Å². The van der Waals surface area contributed by atoms with Gasteiger partial charge < -0.3 is 14.8 Å². The van der Waals surface area contributed by atoms with E-state index in [1.54, 1.807) is 0 Å². The fourth-order valence-corrected chi connectivity index (χ4v) is 15.1. The van der Waals surface area contributed by atoms with Gasteiger partial charge in [-0.25, -0.2) is 4.31 Å². The molecule has 7 heteroatoms. The summed E-state index contributed by atoms with van der Waals surface area (Å²) in [5.41, 5.74) is 0.872. The van der Waals surface area contributed by atoms with Crippen LogP contribution in [0.1, 0.15) is 132 Å². The van der Waals surface area contributed by atoms with E-state index in [2.05, 4.69) is 69.9 Å². The number of nitrogens with zero attached hydrogens (tertiary/aromatic N) is 2. The van der Waals surface area contributed by atoms with Crippen molar-refractivity contribution in [1.29, 1.82) is 0 Å². The molecule has 12 unspecified atom stereocenters. The summed E-state index contributed by atoms with van der Waals surface area (Å²) in [7, 11) is 0. The second kappa shape index (κ2) is 13.7. The standard InChI is InChI=1S/C42H71N3O3S/c1-27(2)49-45-22-20-44(21-23-45)28(3)25-43-42-16-9-10-34(42)31-11-12-37-40(7)18-15-36(48-38(47)35-24-30(26-46)39(35,5)6)29(4)32(40)13-17-41(37,8)33(31)14-19-42/h26-37,43H,9-25H2,1-8H3/t28?,29?,30?,31?,32?,33?,34-,35?,36?,37?,40?,41?,42?/m1/s1. The summed E-state index contributed by atoms with van der Waals surface area (Å²) < 4.78 is 8.95. The zero-order valence-corrected chi connectivity index (χ0v) is 33.3.